The monoisotopic (exact) mass is 384 g/mol. The van der Waals surface area contributed by atoms with Gasteiger partial charge in [-0.05, 0) is 43.4 Å². The molecule has 0 radical (unpaired) electrons. The van der Waals surface area contributed by atoms with Crippen LogP contribution in [0.1, 0.15) is 41.7 Å². The van der Waals surface area contributed by atoms with Crippen molar-refractivity contribution in [2.24, 2.45) is 5.92 Å². The number of piperidine rings is 1. The van der Waals surface area contributed by atoms with Crippen LogP contribution in [0.2, 0.25) is 0 Å². The minimum absolute atomic E-state index is 0.107. The number of likely N-dealkylation sites (tertiary alicyclic amines) is 1. The molecule has 7 heteroatoms. The van der Waals surface area contributed by atoms with Crippen molar-refractivity contribution in [2.75, 3.05) is 18.8 Å². The fraction of sp³-hybridized carbons (Fsp3) is 0.381. The molecular formula is C21H25FN4O2. The molecule has 2 amide bonds. The van der Waals surface area contributed by atoms with Crippen LogP contribution in [-0.2, 0) is 11.3 Å². The van der Waals surface area contributed by atoms with Crippen LogP contribution >= 0.6 is 0 Å². The first-order valence-corrected chi connectivity index (χ1v) is 9.55. The Labute approximate surface area is 163 Å². The molecule has 1 aliphatic rings. The number of nitrogens with two attached hydrogens (primary N) is 1. The lowest BCUT2D eigenvalue weighted by Gasteiger charge is -2.32. The lowest BCUT2D eigenvalue weighted by atomic mass is 9.93. The van der Waals surface area contributed by atoms with E-state index in [-0.39, 0.29) is 30.1 Å². The van der Waals surface area contributed by atoms with E-state index in [2.05, 4.69) is 10.3 Å². The van der Waals surface area contributed by atoms with Crippen molar-refractivity contribution in [2.45, 2.75) is 32.2 Å². The van der Waals surface area contributed by atoms with Gasteiger partial charge in [0.25, 0.3) is 5.91 Å². The number of pyridine rings is 1. The molecule has 6 nitrogen and oxygen atoms in total. The summed E-state index contributed by atoms with van der Waals surface area (Å²) in [5.41, 5.74) is 6.49. The van der Waals surface area contributed by atoms with Crippen molar-refractivity contribution in [3.63, 3.8) is 0 Å². The fourth-order valence-corrected chi connectivity index (χ4v) is 3.48. The van der Waals surface area contributed by atoms with E-state index < -0.39 is 0 Å². The van der Waals surface area contributed by atoms with Gasteiger partial charge < -0.3 is 16.0 Å². The van der Waals surface area contributed by atoms with Crippen LogP contribution < -0.4 is 11.1 Å². The Morgan fingerprint density at radius 3 is 2.82 bits per heavy atom. The molecule has 2 heterocycles. The minimum Gasteiger partial charge on any atom is -0.384 e. The summed E-state index contributed by atoms with van der Waals surface area (Å²) in [5.74, 6) is 0.0357. The van der Waals surface area contributed by atoms with E-state index in [1.807, 2.05) is 0 Å². The van der Waals surface area contributed by atoms with Gasteiger partial charge in [-0.2, -0.15) is 0 Å². The SMILES string of the molecule is Nc1cccc(C(=O)N2CCCC(CCC(=O)NCc3ccccc3F)C2)n1. The number of carbonyl (C=O) groups is 2. The molecule has 28 heavy (non-hydrogen) atoms. The number of anilines is 1. The van der Waals surface area contributed by atoms with E-state index in [1.54, 1.807) is 41.3 Å². The van der Waals surface area contributed by atoms with Gasteiger partial charge in [-0.3, -0.25) is 9.59 Å². The predicted molar refractivity (Wildman–Crippen MR) is 105 cm³/mol. The number of nitrogen functional groups attached to an aromatic ring is 1. The van der Waals surface area contributed by atoms with Crippen LogP contribution in [0.5, 0.6) is 0 Å². The molecule has 148 valence electrons. The Kier molecular flexibility index (Phi) is 6.57. The van der Waals surface area contributed by atoms with E-state index in [0.29, 0.717) is 43.0 Å². The second-order valence-corrected chi connectivity index (χ2v) is 7.11. The van der Waals surface area contributed by atoms with Crippen molar-refractivity contribution in [3.05, 3.63) is 59.5 Å². The topological polar surface area (TPSA) is 88.3 Å². The first-order chi connectivity index (χ1) is 13.5. The Bertz CT molecular complexity index is 843. The summed E-state index contributed by atoms with van der Waals surface area (Å²) in [7, 11) is 0. The minimum atomic E-state index is -0.320. The van der Waals surface area contributed by atoms with E-state index in [0.717, 1.165) is 12.8 Å². The van der Waals surface area contributed by atoms with E-state index >= 15 is 0 Å². The molecule has 1 aromatic heterocycles. The van der Waals surface area contributed by atoms with Crippen molar-refractivity contribution in [1.29, 1.82) is 0 Å². The van der Waals surface area contributed by atoms with Gasteiger partial charge in [-0.15, -0.1) is 0 Å². The maximum absolute atomic E-state index is 13.6. The maximum atomic E-state index is 13.6. The quantitative estimate of drug-likeness (QED) is 0.802. The zero-order chi connectivity index (χ0) is 19.9. The number of benzene rings is 1. The normalized spacial score (nSPS) is 16.6. The van der Waals surface area contributed by atoms with Crippen LogP contribution in [-0.4, -0.2) is 34.8 Å². The fourth-order valence-electron chi connectivity index (χ4n) is 3.48. The Balaban J connectivity index is 1.46. The van der Waals surface area contributed by atoms with Gasteiger partial charge in [-0.1, -0.05) is 24.3 Å². The molecule has 0 aliphatic carbocycles. The number of nitrogens with zero attached hydrogens (tertiary/aromatic N) is 2. The summed E-state index contributed by atoms with van der Waals surface area (Å²) >= 11 is 0. The van der Waals surface area contributed by atoms with E-state index in [9.17, 15) is 14.0 Å². The van der Waals surface area contributed by atoms with Gasteiger partial charge in [-0.25, -0.2) is 9.37 Å². The average molecular weight is 384 g/mol. The third-order valence-electron chi connectivity index (χ3n) is 5.01. The van der Waals surface area contributed by atoms with Crippen LogP contribution in [0.4, 0.5) is 10.2 Å². The van der Waals surface area contributed by atoms with Crippen LogP contribution in [0.25, 0.3) is 0 Å². The zero-order valence-corrected chi connectivity index (χ0v) is 15.7. The van der Waals surface area contributed by atoms with Crippen molar-refractivity contribution in [3.8, 4) is 0 Å². The standard InChI is InChI=1S/C21H25FN4O2/c22-17-7-2-1-6-16(17)13-24-20(27)11-10-15-5-4-12-26(14-15)21(28)18-8-3-9-19(23)25-18/h1-3,6-9,15H,4-5,10-14H2,(H2,23,25)(H,24,27). The third kappa shape index (κ3) is 5.28. The van der Waals surface area contributed by atoms with Crippen LogP contribution in [0.3, 0.4) is 0 Å². The molecular weight excluding hydrogens is 359 g/mol. The second-order valence-electron chi connectivity index (χ2n) is 7.11. The van der Waals surface area contributed by atoms with Gasteiger partial charge in [0.05, 0.1) is 0 Å². The van der Waals surface area contributed by atoms with Crippen molar-refractivity contribution < 1.29 is 14.0 Å². The number of nitrogens with one attached hydrogen (secondary N) is 1. The molecule has 1 aromatic carbocycles. The van der Waals surface area contributed by atoms with E-state index in [1.165, 1.54) is 6.07 Å². The summed E-state index contributed by atoms with van der Waals surface area (Å²) in [6, 6.07) is 11.4. The molecule has 1 unspecified atom stereocenters. The number of aromatic nitrogens is 1. The molecule has 1 atom stereocenters. The predicted octanol–water partition coefficient (Wildman–Crippen LogP) is 2.75. The summed E-state index contributed by atoms with van der Waals surface area (Å²) in [4.78, 5) is 30.6. The molecule has 2 aromatic rings. The molecule has 1 fully saturated rings. The first-order valence-electron chi connectivity index (χ1n) is 9.55. The van der Waals surface area contributed by atoms with Gasteiger partial charge in [0.1, 0.15) is 17.3 Å². The highest BCUT2D eigenvalue weighted by Crippen LogP contribution is 2.22. The average Bonchev–Trinajstić information content (AvgIpc) is 2.71. The maximum Gasteiger partial charge on any atom is 0.272 e. The summed E-state index contributed by atoms with van der Waals surface area (Å²) in [6.07, 6.45) is 2.93. The Hall–Kier alpha value is -2.96. The van der Waals surface area contributed by atoms with Crippen molar-refractivity contribution in [1.82, 2.24) is 15.2 Å². The summed E-state index contributed by atoms with van der Waals surface area (Å²) in [6.45, 7) is 1.48. The molecule has 0 spiro atoms. The van der Waals surface area contributed by atoms with Crippen LogP contribution in [0.15, 0.2) is 42.5 Å². The van der Waals surface area contributed by atoms with Gasteiger partial charge >= 0.3 is 0 Å². The smallest absolute Gasteiger partial charge is 0.272 e. The second kappa shape index (κ2) is 9.30. The molecule has 3 rings (SSSR count). The first kappa shape index (κ1) is 19.8. The summed E-state index contributed by atoms with van der Waals surface area (Å²) < 4.78 is 13.6. The lowest BCUT2D eigenvalue weighted by molar-refractivity contribution is -0.121. The lowest BCUT2D eigenvalue weighted by Crippen LogP contribution is -2.40. The molecule has 0 bridgehead atoms. The highest BCUT2D eigenvalue weighted by atomic mass is 19.1. The number of amides is 2. The van der Waals surface area contributed by atoms with Crippen LogP contribution in [0, 0.1) is 11.7 Å². The number of halogens is 1. The number of rotatable bonds is 6. The Morgan fingerprint density at radius 2 is 2.04 bits per heavy atom. The molecule has 1 aliphatic heterocycles. The van der Waals surface area contributed by atoms with Gasteiger partial charge in [0.2, 0.25) is 5.91 Å². The number of hydrogen-bond acceptors (Lipinski definition) is 4. The number of carbonyl (C=O) groups excluding carboxylic acids is 2. The number of hydrogen-bond donors (Lipinski definition) is 2. The summed E-state index contributed by atoms with van der Waals surface area (Å²) in [5, 5.41) is 2.76. The third-order valence-corrected chi connectivity index (χ3v) is 5.01. The highest BCUT2D eigenvalue weighted by molar-refractivity contribution is 5.92. The molecule has 1 saturated heterocycles. The molecule has 0 saturated carbocycles. The van der Waals surface area contributed by atoms with Crippen molar-refractivity contribution >= 4 is 17.6 Å². The molecule has 3 N–H and O–H groups in total. The highest BCUT2D eigenvalue weighted by Gasteiger charge is 2.25. The van der Waals surface area contributed by atoms with Gasteiger partial charge in [0, 0.05) is 31.6 Å². The largest absolute Gasteiger partial charge is 0.384 e. The van der Waals surface area contributed by atoms with Gasteiger partial charge in [0.15, 0.2) is 0 Å². The zero-order valence-electron chi connectivity index (χ0n) is 15.7. The van der Waals surface area contributed by atoms with E-state index in [4.69, 9.17) is 5.73 Å². The Morgan fingerprint density at radius 1 is 1.21 bits per heavy atom.